The Balaban J connectivity index is 3.08. The second kappa shape index (κ2) is 4.91. The molecule has 2 N–H and O–H groups in total. The summed E-state index contributed by atoms with van der Waals surface area (Å²) in [5.41, 5.74) is 0. The molecule has 1 rings (SSSR count). The Bertz CT molecular complexity index is 491. The zero-order valence-electron chi connectivity index (χ0n) is 8.68. The van der Waals surface area contributed by atoms with Gasteiger partial charge in [-0.15, -0.1) is 11.3 Å². The van der Waals surface area contributed by atoms with Gasteiger partial charge in [0.1, 0.15) is 4.88 Å². The van der Waals surface area contributed by atoms with Crippen molar-refractivity contribution in [3.05, 3.63) is 15.8 Å². The normalized spacial score (nSPS) is 11.6. The first kappa shape index (κ1) is 13.1. The van der Waals surface area contributed by atoms with E-state index < -0.39 is 16.0 Å². The van der Waals surface area contributed by atoms with Crippen LogP contribution in [0.15, 0.2) is 11.0 Å². The molecule has 0 fully saturated rings. The highest BCUT2D eigenvalue weighted by Crippen LogP contribution is 2.25. The Labute approximate surface area is 96.9 Å². The third-order valence-corrected chi connectivity index (χ3v) is 4.19. The van der Waals surface area contributed by atoms with E-state index in [9.17, 15) is 13.2 Å². The van der Waals surface area contributed by atoms with Crippen molar-refractivity contribution in [3.63, 3.8) is 0 Å². The zero-order valence-corrected chi connectivity index (χ0v) is 10.3. The molecule has 0 atom stereocenters. The molecule has 1 aromatic heterocycles. The number of sulfonamides is 1. The van der Waals surface area contributed by atoms with Crippen molar-refractivity contribution >= 4 is 27.3 Å². The van der Waals surface area contributed by atoms with Crippen molar-refractivity contribution in [2.24, 2.45) is 0 Å². The standard InChI is InChI=1S/C8H11NO5S2/c1-3-14-9-16(12,13)7-4-6(8(10)11)15-5(7)2/h4,9H,3H2,1-2H3,(H,10,11). The van der Waals surface area contributed by atoms with Crippen LogP contribution in [0.25, 0.3) is 0 Å². The lowest BCUT2D eigenvalue weighted by Gasteiger charge is -2.03. The molecule has 1 aromatic rings. The van der Waals surface area contributed by atoms with Crippen LogP contribution in [0.1, 0.15) is 21.5 Å². The minimum atomic E-state index is -3.79. The lowest BCUT2D eigenvalue weighted by atomic mass is 10.4. The van der Waals surface area contributed by atoms with Gasteiger partial charge in [-0.3, -0.25) is 4.84 Å². The summed E-state index contributed by atoms with van der Waals surface area (Å²) >= 11 is 0.909. The molecule has 0 saturated carbocycles. The molecule has 0 aromatic carbocycles. The van der Waals surface area contributed by atoms with E-state index in [4.69, 9.17) is 5.11 Å². The van der Waals surface area contributed by atoms with E-state index in [1.165, 1.54) is 6.92 Å². The van der Waals surface area contributed by atoms with Gasteiger partial charge in [0.05, 0.1) is 11.5 Å². The maximum Gasteiger partial charge on any atom is 0.345 e. The highest BCUT2D eigenvalue weighted by atomic mass is 32.2. The molecule has 0 aliphatic heterocycles. The van der Waals surface area contributed by atoms with Crippen LogP contribution in [-0.4, -0.2) is 26.1 Å². The lowest BCUT2D eigenvalue weighted by molar-refractivity contribution is 0.0702. The van der Waals surface area contributed by atoms with Crippen LogP contribution >= 0.6 is 11.3 Å². The van der Waals surface area contributed by atoms with E-state index in [0.717, 1.165) is 17.4 Å². The van der Waals surface area contributed by atoms with Gasteiger partial charge < -0.3 is 5.11 Å². The molecule has 0 aliphatic rings. The zero-order chi connectivity index (χ0) is 12.3. The third kappa shape index (κ3) is 2.79. The number of carboxylic acids is 1. The molecule has 0 aliphatic carbocycles. The van der Waals surface area contributed by atoms with Gasteiger partial charge in [0.15, 0.2) is 0 Å². The third-order valence-electron chi connectivity index (χ3n) is 1.69. The maximum absolute atomic E-state index is 11.6. The second-order valence-electron chi connectivity index (χ2n) is 2.86. The van der Waals surface area contributed by atoms with E-state index in [1.54, 1.807) is 6.92 Å². The summed E-state index contributed by atoms with van der Waals surface area (Å²) < 4.78 is 23.3. The summed E-state index contributed by atoms with van der Waals surface area (Å²) in [6.45, 7) is 3.36. The SMILES string of the molecule is CCONS(=O)(=O)c1cc(C(=O)O)sc1C. The molecular weight excluding hydrogens is 254 g/mol. The van der Waals surface area contributed by atoms with Crippen molar-refractivity contribution in [3.8, 4) is 0 Å². The van der Waals surface area contributed by atoms with Crippen LogP contribution in [0.4, 0.5) is 0 Å². The van der Waals surface area contributed by atoms with Gasteiger partial charge in [-0.25, -0.2) is 13.2 Å². The Morgan fingerprint density at radius 3 is 2.69 bits per heavy atom. The minimum Gasteiger partial charge on any atom is -0.477 e. The number of hydrogen-bond donors (Lipinski definition) is 2. The number of thiophene rings is 1. The van der Waals surface area contributed by atoms with E-state index >= 15 is 0 Å². The molecule has 1 heterocycles. The summed E-state index contributed by atoms with van der Waals surface area (Å²) in [7, 11) is -3.79. The van der Waals surface area contributed by atoms with E-state index in [0.29, 0.717) is 4.88 Å². The molecule has 0 amide bonds. The largest absolute Gasteiger partial charge is 0.477 e. The predicted molar refractivity (Wildman–Crippen MR) is 58.0 cm³/mol. The molecule has 6 nitrogen and oxygen atoms in total. The Kier molecular flexibility index (Phi) is 4.03. The Morgan fingerprint density at radius 1 is 1.62 bits per heavy atom. The predicted octanol–water partition coefficient (Wildman–Crippen LogP) is 0.985. The van der Waals surface area contributed by atoms with Crippen molar-refractivity contribution in [1.29, 1.82) is 0 Å². The fourth-order valence-electron chi connectivity index (χ4n) is 1.02. The van der Waals surface area contributed by atoms with Crippen molar-refractivity contribution in [1.82, 2.24) is 4.89 Å². The fourth-order valence-corrected chi connectivity index (χ4v) is 3.32. The van der Waals surface area contributed by atoms with Crippen molar-refractivity contribution in [2.75, 3.05) is 6.61 Å². The quantitative estimate of drug-likeness (QED) is 0.774. The minimum absolute atomic E-state index is 0.0191. The van der Waals surface area contributed by atoms with Crippen LogP contribution in [0, 0.1) is 6.92 Å². The molecule has 0 spiro atoms. The smallest absolute Gasteiger partial charge is 0.345 e. The summed E-state index contributed by atoms with van der Waals surface area (Å²) in [4.78, 5) is 17.5. The van der Waals surface area contributed by atoms with Gasteiger partial charge >= 0.3 is 5.97 Å². The van der Waals surface area contributed by atoms with Gasteiger partial charge in [0.25, 0.3) is 10.0 Å². The molecule has 16 heavy (non-hydrogen) atoms. The Morgan fingerprint density at radius 2 is 2.25 bits per heavy atom. The van der Waals surface area contributed by atoms with E-state index in [1.807, 2.05) is 4.89 Å². The average molecular weight is 265 g/mol. The van der Waals surface area contributed by atoms with Crippen molar-refractivity contribution in [2.45, 2.75) is 18.7 Å². The molecule has 0 bridgehead atoms. The van der Waals surface area contributed by atoms with E-state index in [-0.39, 0.29) is 16.4 Å². The van der Waals surface area contributed by atoms with Gasteiger partial charge in [0, 0.05) is 4.88 Å². The summed E-state index contributed by atoms with van der Waals surface area (Å²) in [6, 6.07) is 1.11. The second-order valence-corrected chi connectivity index (χ2v) is 5.73. The molecule has 0 radical (unpaired) electrons. The highest BCUT2D eigenvalue weighted by molar-refractivity contribution is 7.89. The van der Waals surface area contributed by atoms with Crippen LogP contribution in [0.3, 0.4) is 0 Å². The molecule has 0 saturated heterocycles. The van der Waals surface area contributed by atoms with Gasteiger partial charge in [0.2, 0.25) is 0 Å². The number of carbonyl (C=O) groups is 1. The number of carboxylic acid groups (broad SMARTS) is 1. The van der Waals surface area contributed by atoms with E-state index in [2.05, 4.69) is 4.84 Å². The van der Waals surface area contributed by atoms with Crippen LogP contribution in [-0.2, 0) is 14.9 Å². The van der Waals surface area contributed by atoms with Crippen LogP contribution < -0.4 is 4.89 Å². The first-order chi connectivity index (χ1) is 7.38. The molecular formula is C8H11NO5S2. The van der Waals surface area contributed by atoms with Crippen LogP contribution in [0.2, 0.25) is 0 Å². The lowest BCUT2D eigenvalue weighted by Crippen LogP contribution is -2.24. The van der Waals surface area contributed by atoms with Crippen LogP contribution in [0.5, 0.6) is 0 Å². The maximum atomic E-state index is 11.6. The number of aromatic carboxylic acids is 1. The molecule has 90 valence electrons. The molecule has 0 unspecified atom stereocenters. The van der Waals surface area contributed by atoms with Gasteiger partial charge in [-0.2, -0.15) is 0 Å². The highest BCUT2D eigenvalue weighted by Gasteiger charge is 2.22. The number of nitrogens with one attached hydrogen (secondary N) is 1. The number of rotatable bonds is 5. The topological polar surface area (TPSA) is 92.7 Å². The fraction of sp³-hybridized carbons (Fsp3) is 0.375. The Hall–Kier alpha value is -0.960. The molecule has 8 heteroatoms. The average Bonchev–Trinajstić information content (AvgIpc) is 2.58. The first-order valence-corrected chi connectivity index (χ1v) is 6.65. The van der Waals surface area contributed by atoms with Gasteiger partial charge in [-0.05, 0) is 19.9 Å². The summed E-state index contributed by atoms with van der Waals surface area (Å²) in [5, 5.41) is 8.73. The number of hydrogen-bond acceptors (Lipinski definition) is 5. The number of aryl methyl sites for hydroxylation is 1. The monoisotopic (exact) mass is 265 g/mol. The first-order valence-electron chi connectivity index (χ1n) is 4.35. The summed E-state index contributed by atoms with van der Waals surface area (Å²) in [5.74, 6) is -1.15. The summed E-state index contributed by atoms with van der Waals surface area (Å²) in [6.07, 6.45) is 0. The van der Waals surface area contributed by atoms with Crippen molar-refractivity contribution < 1.29 is 23.2 Å². The van der Waals surface area contributed by atoms with Gasteiger partial charge in [-0.1, -0.05) is 4.89 Å².